The van der Waals surface area contributed by atoms with Crippen LogP contribution in [-0.4, -0.2) is 74.5 Å². The number of rotatable bonds is 3. The van der Waals surface area contributed by atoms with Crippen molar-refractivity contribution in [1.29, 1.82) is 0 Å². The Morgan fingerprint density at radius 3 is 2.50 bits per heavy atom. The zero-order chi connectivity index (χ0) is 17.3. The van der Waals surface area contributed by atoms with E-state index < -0.39 is 10.0 Å². The number of nitrogens with zero attached hydrogens (tertiary/aromatic N) is 7. The van der Waals surface area contributed by atoms with Gasteiger partial charge in [0.15, 0.2) is 5.69 Å². The van der Waals surface area contributed by atoms with Gasteiger partial charge in [-0.3, -0.25) is 14.2 Å². The molecule has 130 valence electrons. The highest BCUT2D eigenvalue weighted by Crippen LogP contribution is 2.17. The van der Waals surface area contributed by atoms with Crippen molar-refractivity contribution < 1.29 is 13.2 Å². The summed E-state index contributed by atoms with van der Waals surface area (Å²) in [4.78, 5) is 14.2. The molecule has 10 nitrogen and oxygen atoms in total. The van der Waals surface area contributed by atoms with E-state index in [1.165, 1.54) is 26.1 Å². The monoisotopic (exact) mass is 353 g/mol. The summed E-state index contributed by atoms with van der Waals surface area (Å²) in [6.07, 6.45) is 4.92. The molecule has 3 rings (SSSR count). The van der Waals surface area contributed by atoms with Gasteiger partial charge in [-0.1, -0.05) is 5.21 Å². The van der Waals surface area contributed by atoms with E-state index in [0.29, 0.717) is 26.1 Å². The summed E-state index contributed by atoms with van der Waals surface area (Å²) in [5, 5.41) is 11.5. The molecule has 1 amide bonds. The normalized spacial score (nSPS) is 17.0. The Labute approximate surface area is 139 Å². The number of amides is 1. The van der Waals surface area contributed by atoms with Gasteiger partial charge in [-0.05, 0) is 6.42 Å². The van der Waals surface area contributed by atoms with Crippen LogP contribution >= 0.6 is 0 Å². The fourth-order valence-electron chi connectivity index (χ4n) is 2.63. The van der Waals surface area contributed by atoms with Gasteiger partial charge in [0, 0.05) is 46.5 Å². The van der Waals surface area contributed by atoms with Crippen molar-refractivity contribution in [3.63, 3.8) is 0 Å². The van der Waals surface area contributed by atoms with E-state index in [-0.39, 0.29) is 23.0 Å². The molecule has 0 aromatic carbocycles. The number of hydrogen-bond acceptors (Lipinski definition) is 6. The van der Waals surface area contributed by atoms with E-state index in [1.54, 1.807) is 25.2 Å². The number of aryl methyl sites for hydroxylation is 2. The fraction of sp³-hybridized carbons (Fsp3) is 0.538. The maximum absolute atomic E-state index is 12.6. The lowest BCUT2D eigenvalue weighted by molar-refractivity contribution is 0.0758. The molecule has 0 atom stereocenters. The summed E-state index contributed by atoms with van der Waals surface area (Å²) < 4.78 is 29.6. The summed E-state index contributed by atoms with van der Waals surface area (Å²) in [6, 6.07) is 0. The second-order valence-electron chi connectivity index (χ2n) is 5.68. The van der Waals surface area contributed by atoms with Crippen LogP contribution < -0.4 is 0 Å². The highest BCUT2D eigenvalue weighted by Gasteiger charge is 2.30. The minimum atomic E-state index is -3.59. The highest BCUT2D eigenvalue weighted by atomic mass is 32.2. The molecule has 11 heteroatoms. The number of carbonyl (C=O) groups is 1. The predicted octanol–water partition coefficient (Wildman–Crippen LogP) is -0.915. The Balaban J connectivity index is 1.72. The van der Waals surface area contributed by atoms with Crippen molar-refractivity contribution in [3.05, 3.63) is 24.3 Å². The van der Waals surface area contributed by atoms with Crippen LogP contribution in [0.4, 0.5) is 0 Å². The summed E-state index contributed by atoms with van der Waals surface area (Å²) in [5.41, 5.74) is 0.265. The van der Waals surface area contributed by atoms with Gasteiger partial charge in [0.05, 0.1) is 12.4 Å². The first-order valence-electron chi connectivity index (χ1n) is 7.52. The molecular weight excluding hydrogens is 334 g/mol. The third kappa shape index (κ3) is 3.17. The Hall–Kier alpha value is -2.27. The van der Waals surface area contributed by atoms with Crippen LogP contribution in [0.3, 0.4) is 0 Å². The maximum atomic E-state index is 12.6. The quantitative estimate of drug-likeness (QED) is 0.707. The van der Waals surface area contributed by atoms with Crippen molar-refractivity contribution in [2.45, 2.75) is 11.3 Å². The molecule has 0 spiro atoms. The Kier molecular flexibility index (Phi) is 4.37. The number of hydrogen-bond donors (Lipinski definition) is 0. The standard InChI is InChI=1S/C13H19N7O3S/c1-17-9-11(8-14-17)24(22,23)20-5-3-4-19(6-7-20)13(21)12-10-18(2)16-15-12/h8-10H,3-7H2,1-2H3. The third-order valence-corrected chi connectivity index (χ3v) is 5.73. The molecule has 0 radical (unpaired) electrons. The van der Waals surface area contributed by atoms with Crippen molar-refractivity contribution in [3.8, 4) is 0 Å². The maximum Gasteiger partial charge on any atom is 0.276 e. The first kappa shape index (κ1) is 16.6. The van der Waals surface area contributed by atoms with Gasteiger partial charge in [0.25, 0.3) is 5.91 Å². The van der Waals surface area contributed by atoms with Gasteiger partial charge in [0.2, 0.25) is 10.0 Å². The molecule has 1 saturated heterocycles. The van der Waals surface area contributed by atoms with E-state index in [2.05, 4.69) is 15.4 Å². The van der Waals surface area contributed by atoms with Gasteiger partial charge in [0.1, 0.15) is 4.90 Å². The van der Waals surface area contributed by atoms with E-state index in [9.17, 15) is 13.2 Å². The summed E-state index contributed by atoms with van der Waals surface area (Å²) in [7, 11) is -0.236. The third-order valence-electron chi connectivity index (χ3n) is 3.88. The SMILES string of the molecule is Cn1cc(S(=O)(=O)N2CCCN(C(=O)c3cn(C)nn3)CC2)cn1. The van der Waals surface area contributed by atoms with Crippen LogP contribution in [0.15, 0.2) is 23.5 Å². The number of carbonyl (C=O) groups excluding carboxylic acids is 1. The van der Waals surface area contributed by atoms with Crippen molar-refractivity contribution in [1.82, 2.24) is 34.0 Å². The topological polar surface area (TPSA) is 106 Å². The molecule has 2 aromatic rings. The van der Waals surface area contributed by atoms with Gasteiger partial charge < -0.3 is 4.90 Å². The van der Waals surface area contributed by atoms with Crippen molar-refractivity contribution in [2.24, 2.45) is 14.1 Å². The van der Waals surface area contributed by atoms with Crippen LogP contribution in [-0.2, 0) is 24.1 Å². The van der Waals surface area contributed by atoms with E-state index in [4.69, 9.17) is 0 Å². The first-order chi connectivity index (χ1) is 11.4. The second-order valence-corrected chi connectivity index (χ2v) is 7.61. The molecule has 0 N–H and O–H groups in total. The van der Waals surface area contributed by atoms with Crippen LogP contribution in [0.1, 0.15) is 16.9 Å². The lowest BCUT2D eigenvalue weighted by Gasteiger charge is -2.20. The largest absolute Gasteiger partial charge is 0.336 e. The van der Waals surface area contributed by atoms with Gasteiger partial charge in [-0.25, -0.2) is 8.42 Å². The number of aromatic nitrogens is 5. The fourth-order valence-corrected chi connectivity index (χ4v) is 4.08. The zero-order valence-electron chi connectivity index (χ0n) is 13.5. The van der Waals surface area contributed by atoms with E-state index >= 15 is 0 Å². The Morgan fingerprint density at radius 2 is 1.88 bits per heavy atom. The molecule has 0 unspecified atom stereocenters. The van der Waals surface area contributed by atoms with Gasteiger partial charge in [-0.2, -0.15) is 9.40 Å². The van der Waals surface area contributed by atoms with Crippen LogP contribution in [0, 0.1) is 0 Å². The molecule has 1 aliphatic rings. The molecule has 2 aromatic heterocycles. The van der Waals surface area contributed by atoms with Gasteiger partial charge in [-0.15, -0.1) is 5.10 Å². The average molecular weight is 353 g/mol. The lowest BCUT2D eigenvalue weighted by Crippen LogP contribution is -2.37. The number of sulfonamides is 1. The van der Waals surface area contributed by atoms with Crippen LogP contribution in [0.5, 0.6) is 0 Å². The highest BCUT2D eigenvalue weighted by molar-refractivity contribution is 7.89. The minimum Gasteiger partial charge on any atom is -0.336 e. The van der Waals surface area contributed by atoms with Gasteiger partial charge >= 0.3 is 0 Å². The molecule has 0 saturated carbocycles. The lowest BCUT2D eigenvalue weighted by atomic mass is 10.3. The van der Waals surface area contributed by atoms with E-state index in [1.807, 2.05) is 0 Å². The predicted molar refractivity (Wildman–Crippen MR) is 83.5 cm³/mol. The van der Waals surface area contributed by atoms with Crippen LogP contribution in [0.2, 0.25) is 0 Å². The zero-order valence-corrected chi connectivity index (χ0v) is 14.3. The first-order valence-corrected chi connectivity index (χ1v) is 8.96. The molecular formula is C13H19N7O3S. The summed E-state index contributed by atoms with van der Waals surface area (Å²) >= 11 is 0. The molecule has 3 heterocycles. The Morgan fingerprint density at radius 1 is 1.08 bits per heavy atom. The van der Waals surface area contributed by atoms with Crippen molar-refractivity contribution >= 4 is 15.9 Å². The molecule has 1 aliphatic heterocycles. The minimum absolute atomic E-state index is 0.165. The molecule has 24 heavy (non-hydrogen) atoms. The smallest absolute Gasteiger partial charge is 0.276 e. The second kappa shape index (κ2) is 6.32. The molecule has 0 bridgehead atoms. The summed E-state index contributed by atoms with van der Waals surface area (Å²) in [5.74, 6) is -0.233. The van der Waals surface area contributed by atoms with Crippen molar-refractivity contribution in [2.75, 3.05) is 26.2 Å². The summed E-state index contributed by atoms with van der Waals surface area (Å²) in [6.45, 7) is 1.40. The van der Waals surface area contributed by atoms with E-state index in [0.717, 1.165) is 0 Å². The average Bonchev–Trinajstić information content (AvgIpc) is 3.08. The molecule has 1 fully saturated rings. The molecule has 0 aliphatic carbocycles. The Bertz CT molecular complexity index is 841. The van der Waals surface area contributed by atoms with Crippen LogP contribution in [0.25, 0.3) is 0 Å².